The van der Waals surface area contributed by atoms with Gasteiger partial charge < -0.3 is 0 Å². The Morgan fingerprint density at radius 2 is 2.07 bits per heavy atom. The van der Waals surface area contributed by atoms with Gasteiger partial charge in [0.1, 0.15) is 5.78 Å². The van der Waals surface area contributed by atoms with Crippen LogP contribution in [0.3, 0.4) is 0 Å². The normalized spacial score (nSPS) is 12.5. The lowest BCUT2D eigenvalue weighted by Crippen LogP contribution is -2.04. The van der Waals surface area contributed by atoms with Crippen molar-refractivity contribution >= 4 is 17.5 Å². The molecular formula is C10H14N2OS. The molecule has 0 fully saturated rings. The van der Waals surface area contributed by atoms with Crippen molar-refractivity contribution in [3.05, 3.63) is 18.0 Å². The molecule has 0 aliphatic rings. The highest BCUT2D eigenvalue weighted by molar-refractivity contribution is 7.99. The molecule has 0 N–H and O–H groups in total. The average Bonchev–Trinajstić information content (AvgIpc) is 2.07. The fourth-order valence-electron chi connectivity index (χ4n) is 1.07. The number of hydrogen-bond acceptors (Lipinski definition) is 4. The highest BCUT2D eigenvalue weighted by atomic mass is 32.2. The zero-order valence-electron chi connectivity index (χ0n) is 8.65. The number of carbonyl (C=O) groups is 1. The molecule has 76 valence electrons. The summed E-state index contributed by atoms with van der Waals surface area (Å²) in [6, 6.07) is 0. The summed E-state index contributed by atoms with van der Waals surface area (Å²) < 4.78 is 0. The van der Waals surface area contributed by atoms with Crippen molar-refractivity contribution in [1.82, 2.24) is 9.97 Å². The van der Waals surface area contributed by atoms with Crippen LogP contribution in [0, 0.1) is 6.92 Å². The molecule has 1 aromatic heterocycles. The van der Waals surface area contributed by atoms with Crippen molar-refractivity contribution in [2.45, 2.75) is 37.6 Å². The van der Waals surface area contributed by atoms with Crippen LogP contribution in [0.2, 0.25) is 0 Å². The first-order valence-electron chi connectivity index (χ1n) is 4.52. The Balaban J connectivity index is 2.51. The molecule has 0 amide bonds. The van der Waals surface area contributed by atoms with Gasteiger partial charge in [0.2, 0.25) is 0 Å². The molecule has 0 aliphatic carbocycles. The lowest BCUT2D eigenvalue weighted by atomic mass is 10.2. The molecule has 1 rings (SSSR count). The maximum absolute atomic E-state index is 10.8. The molecule has 14 heavy (non-hydrogen) atoms. The van der Waals surface area contributed by atoms with Gasteiger partial charge in [-0.2, -0.15) is 0 Å². The van der Waals surface area contributed by atoms with Crippen molar-refractivity contribution in [2.75, 3.05) is 0 Å². The number of carbonyl (C=O) groups excluding carboxylic acids is 1. The Kier molecular flexibility index (Phi) is 4.07. The molecule has 4 heteroatoms. The Bertz CT molecular complexity index is 310. The number of aryl methyl sites for hydroxylation is 1. The number of nitrogens with zero attached hydrogens (tertiary/aromatic N) is 2. The van der Waals surface area contributed by atoms with Crippen molar-refractivity contribution in [3.63, 3.8) is 0 Å². The van der Waals surface area contributed by atoms with Gasteiger partial charge in [-0.15, -0.1) is 0 Å². The maximum Gasteiger partial charge on any atom is 0.187 e. The Morgan fingerprint density at radius 1 is 1.50 bits per heavy atom. The minimum atomic E-state index is 0.206. The SMILES string of the molecule is CC(=O)CC(C)Sc1ncc(C)cn1. The van der Waals surface area contributed by atoms with E-state index in [4.69, 9.17) is 0 Å². The molecule has 0 aliphatic heterocycles. The van der Waals surface area contributed by atoms with E-state index in [1.807, 2.05) is 13.8 Å². The summed E-state index contributed by atoms with van der Waals surface area (Å²) in [7, 11) is 0. The maximum atomic E-state index is 10.8. The summed E-state index contributed by atoms with van der Waals surface area (Å²) in [5.74, 6) is 0.206. The van der Waals surface area contributed by atoms with Crippen LogP contribution in [0.25, 0.3) is 0 Å². The van der Waals surface area contributed by atoms with Crippen LogP contribution in [-0.2, 0) is 4.79 Å². The lowest BCUT2D eigenvalue weighted by Gasteiger charge is -2.06. The van der Waals surface area contributed by atoms with Crippen LogP contribution in [0.4, 0.5) is 0 Å². The number of ketones is 1. The minimum Gasteiger partial charge on any atom is -0.300 e. The second-order valence-corrected chi connectivity index (χ2v) is 4.78. The lowest BCUT2D eigenvalue weighted by molar-refractivity contribution is -0.116. The van der Waals surface area contributed by atoms with Gasteiger partial charge in [0, 0.05) is 24.1 Å². The minimum absolute atomic E-state index is 0.206. The third kappa shape index (κ3) is 3.87. The van der Waals surface area contributed by atoms with Crippen LogP contribution >= 0.6 is 11.8 Å². The molecule has 1 aromatic rings. The molecule has 1 atom stereocenters. The van der Waals surface area contributed by atoms with Gasteiger partial charge in [-0.1, -0.05) is 18.7 Å². The standard InChI is InChI=1S/C10H14N2OS/c1-7-5-11-10(12-6-7)14-9(3)4-8(2)13/h5-6,9H,4H2,1-3H3. The van der Waals surface area contributed by atoms with Gasteiger partial charge in [0.25, 0.3) is 0 Å². The molecule has 1 unspecified atom stereocenters. The summed E-state index contributed by atoms with van der Waals surface area (Å²) in [5, 5.41) is 0.986. The predicted octanol–water partition coefficient (Wildman–Crippen LogP) is 2.24. The van der Waals surface area contributed by atoms with Crippen molar-refractivity contribution in [1.29, 1.82) is 0 Å². The van der Waals surface area contributed by atoms with E-state index < -0.39 is 0 Å². The van der Waals surface area contributed by atoms with Crippen LogP contribution in [-0.4, -0.2) is 21.0 Å². The van der Waals surface area contributed by atoms with Gasteiger partial charge in [-0.3, -0.25) is 4.79 Å². The third-order valence-corrected chi connectivity index (χ3v) is 2.63. The second-order valence-electron chi connectivity index (χ2n) is 3.38. The first-order valence-corrected chi connectivity index (χ1v) is 5.40. The van der Waals surface area contributed by atoms with Crippen LogP contribution in [0.15, 0.2) is 17.6 Å². The fraction of sp³-hybridized carbons (Fsp3) is 0.500. The smallest absolute Gasteiger partial charge is 0.187 e. The second kappa shape index (κ2) is 5.10. The van der Waals surface area contributed by atoms with Crippen LogP contribution in [0.1, 0.15) is 25.8 Å². The number of rotatable bonds is 4. The van der Waals surface area contributed by atoms with E-state index in [-0.39, 0.29) is 11.0 Å². The third-order valence-electron chi connectivity index (χ3n) is 1.64. The molecule has 0 radical (unpaired) electrons. The fourth-order valence-corrected chi connectivity index (χ4v) is 1.97. The number of hydrogen-bond donors (Lipinski definition) is 0. The van der Waals surface area contributed by atoms with E-state index in [0.29, 0.717) is 6.42 Å². The summed E-state index contributed by atoms with van der Waals surface area (Å²) in [6.45, 7) is 5.57. The monoisotopic (exact) mass is 210 g/mol. The van der Waals surface area contributed by atoms with Gasteiger partial charge >= 0.3 is 0 Å². The van der Waals surface area contributed by atoms with Gasteiger partial charge in [0.05, 0.1) is 0 Å². The first kappa shape index (κ1) is 11.2. The van der Waals surface area contributed by atoms with Gasteiger partial charge in [-0.25, -0.2) is 9.97 Å². The van der Waals surface area contributed by atoms with Crippen LogP contribution in [0.5, 0.6) is 0 Å². The van der Waals surface area contributed by atoms with Crippen molar-refractivity contribution in [3.8, 4) is 0 Å². The zero-order chi connectivity index (χ0) is 10.6. The topological polar surface area (TPSA) is 42.9 Å². The van der Waals surface area contributed by atoms with E-state index in [1.54, 1.807) is 19.3 Å². The highest BCUT2D eigenvalue weighted by Crippen LogP contribution is 2.21. The van der Waals surface area contributed by atoms with Crippen LogP contribution < -0.4 is 0 Å². The van der Waals surface area contributed by atoms with Gasteiger partial charge in [-0.05, 0) is 19.4 Å². The van der Waals surface area contributed by atoms with Crippen molar-refractivity contribution in [2.24, 2.45) is 0 Å². The summed E-state index contributed by atoms with van der Waals surface area (Å²) in [4.78, 5) is 19.2. The average molecular weight is 210 g/mol. The van der Waals surface area contributed by atoms with E-state index >= 15 is 0 Å². The van der Waals surface area contributed by atoms with Gasteiger partial charge in [0.15, 0.2) is 5.16 Å². The number of thioether (sulfide) groups is 1. The number of aromatic nitrogens is 2. The zero-order valence-corrected chi connectivity index (χ0v) is 9.47. The highest BCUT2D eigenvalue weighted by Gasteiger charge is 2.08. The summed E-state index contributed by atoms with van der Waals surface area (Å²) >= 11 is 1.54. The summed E-state index contributed by atoms with van der Waals surface area (Å²) in [6.07, 6.45) is 4.15. The molecule has 0 saturated heterocycles. The molecule has 1 heterocycles. The molecule has 0 aromatic carbocycles. The molecule has 3 nitrogen and oxygen atoms in total. The van der Waals surface area contributed by atoms with E-state index in [0.717, 1.165) is 10.7 Å². The largest absolute Gasteiger partial charge is 0.300 e. The van der Waals surface area contributed by atoms with Crippen molar-refractivity contribution < 1.29 is 4.79 Å². The molecule has 0 spiro atoms. The summed E-state index contributed by atoms with van der Waals surface area (Å²) in [5.41, 5.74) is 1.05. The molecular weight excluding hydrogens is 196 g/mol. The van der Waals surface area contributed by atoms with E-state index in [2.05, 4.69) is 9.97 Å². The Hall–Kier alpha value is -0.900. The van der Waals surface area contributed by atoms with E-state index in [1.165, 1.54) is 11.8 Å². The predicted molar refractivity (Wildman–Crippen MR) is 57.4 cm³/mol. The molecule has 0 bridgehead atoms. The number of Topliss-reactive ketones (excluding diaryl/α,β-unsaturated/α-hetero) is 1. The first-order chi connectivity index (χ1) is 6.58. The Morgan fingerprint density at radius 3 is 2.57 bits per heavy atom. The Labute approximate surface area is 88.3 Å². The van der Waals surface area contributed by atoms with E-state index in [9.17, 15) is 4.79 Å². The molecule has 0 saturated carbocycles. The quantitative estimate of drug-likeness (QED) is 0.564.